The fourth-order valence-corrected chi connectivity index (χ4v) is 3.14. The van der Waals surface area contributed by atoms with Gasteiger partial charge >= 0.3 is 0 Å². The Labute approximate surface area is 99.8 Å². The third-order valence-electron chi connectivity index (χ3n) is 1.87. The van der Waals surface area contributed by atoms with Crippen LogP contribution in [-0.2, 0) is 0 Å². The van der Waals surface area contributed by atoms with Gasteiger partial charge in [-0.1, -0.05) is 11.6 Å². The first-order chi connectivity index (χ1) is 6.72. The minimum absolute atomic E-state index is 0.675. The van der Waals surface area contributed by atoms with E-state index in [2.05, 4.69) is 15.9 Å². The van der Waals surface area contributed by atoms with Crippen LogP contribution in [0.3, 0.4) is 0 Å². The summed E-state index contributed by atoms with van der Waals surface area (Å²) in [6.07, 6.45) is 0. The smallest absolute Gasteiger partial charge is 0.120 e. The van der Waals surface area contributed by atoms with E-state index in [4.69, 9.17) is 16.3 Å². The highest BCUT2D eigenvalue weighted by Gasteiger charge is 2.08. The van der Waals surface area contributed by atoms with Gasteiger partial charge in [-0.3, -0.25) is 0 Å². The zero-order chi connectivity index (χ0) is 10.1. The molecule has 1 aromatic carbocycles. The van der Waals surface area contributed by atoms with Gasteiger partial charge in [0.05, 0.1) is 15.4 Å². The fraction of sp³-hybridized carbons (Fsp3) is 0.200. The van der Waals surface area contributed by atoms with Crippen LogP contribution in [-0.4, -0.2) is 6.61 Å². The monoisotopic (exact) mass is 290 g/mol. The molecule has 0 fully saturated rings. The van der Waals surface area contributed by atoms with E-state index in [0.717, 1.165) is 19.9 Å². The lowest BCUT2D eigenvalue weighted by molar-refractivity contribution is 0.341. The van der Waals surface area contributed by atoms with Crippen LogP contribution < -0.4 is 4.74 Å². The molecule has 0 saturated heterocycles. The van der Waals surface area contributed by atoms with E-state index in [1.54, 1.807) is 11.3 Å². The van der Waals surface area contributed by atoms with Crippen LogP contribution in [0.2, 0.25) is 5.02 Å². The minimum atomic E-state index is 0.675. The van der Waals surface area contributed by atoms with Gasteiger partial charge in [0.15, 0.2) is 0 Å². The molecule has 0 N–H and O–H groups in total. The summed E-state index contributed by atoms with van der Waals surface area (Å²) in [5.41, 5.74) is 0. The van der Waals surface area contributed by atoms with Crippen molar-refractivity contribution in [1.29, 1.82) is 0 Å². The Morgan fingerprint density at radius 2 is 2.29 bits per heavy atom. The topological polar surface area (TPSA) is 9.23 Å². The average molecular weight is 292 g/mol. The molecule has 1 heterocycles. The van der Waals surface area contributed by atoms with Crippen LogP contribution in [0.15, 0.2) is 22.0 Å². The molecule has 0 aliphatic carbocycles. The minimum Gasteiger partial charge on any atom is -0.494 e. The second kappa shape index (κ2) is 4.09. The molecule has 0 aliphatic heterocycles. The van der Waals surface area contributed by atoms with Crippen LogP contribution in [0.25, 0.3) is 10.1 Å². The number of hydrogen-bond donors (Lipinski definition) is 0. The van der Waals surface area contributed by atoms with E-state index in [-0.39, 0.29) is 0 Å². The maximum atomic E-state index is 6.12. The standard InChI is InChI=1S/C10H8BrClOS/c1-2-13-6-3-4-8-7(5-6)9(12)10(11)14-8/h3-5H,2H2,1H3. The lowest BCUT2D eigenvalue weighted by atomic mass is 10.2. The maximum absolute atomic E-state index is 6.12. The van der Waals surface area contributed by atoms with Crippen LogP contribution >= 0.6 is 38.9 Å². The van der Waals surface area contributed by atoms with Gasteiger partial charge in [0, 0.05) is 10.1 Å². The van der Waals surface area contributed by atoms with Gasteiger partial charge in [-0.25, -0.2) is 0 Å². The molecule has 0 spiro atoms. The number of rotatable bonds is 2. The zero-order valence-corrected chi connectivity index (χ0v) is 10.7. The van der Waals surface area contributed by atoms with Crippen molar-refractivity contribution in [2.24, 2.45) is 0 Å². The predicted molar refractivity (Wildman–Crippen MR) is 65.7 cm³/mol. The SMILES string of the molecule is CCOc1ccc2sc(Br)c(Cl)c2c1. The molecular formula is C10H8BrClOS. The summed E-state index contributed by atoms with van der Waals surface area (Å²) in [4.78, 5) is 0. The number of hydrogen-bond acceptors (Lipinski definition) is 2. The summed E-state index contributed by atoms with van der Waals surface area (Å²) < 4.78 is 7.56. The van der Waals surface area contributed by atoms with Crippen molar-refractivity contribution in [2.45, 2.75) is 6.92 Å². The lowest BCUT2D eigenvalue weighted by Gasteiger charge is -2.01. The van der Waals surface area contributed by atoms with Crippen molar-refractivity contribution in [3.8, 4) is 5.75 Å². The zero-order valence-electron chi connectivity index (χ0n) is 7.51. The highest BCUT2D eigenvalue weighted by Crippen LogP contribution is 2.40. The van der Waals surface area contributed by atoms with Gasteiger partial charge in [0.1, 0.15) is 5.75 Å². The highest BCUT2D eigenvalue weighted by atomic mass is 79.9. The number of halogens is 2. The normalized spacial score (nSPS) is 10.8. The van der Waals surface area contributed by atoms with Crippen LogP contribution in [0, 0.1) is 0 Å². The van der Waals surface area contributed by atoms with Crippen molar-refractivity contribution >= 4 is 49.0 Å². The summed E-state index contributed by atoms with van der Waals surface area (Å²) in [5, 5.41) is 1.82. The molecule has 0 saturated carbocycles. The predicted octanol–water partition coefficient (Wildman–Crippen LogP) is 4.72. The van der Waals surface area contributed by atoms with Crippen LogP contribution in [0.1, 0.15) is 6.92 Å². The van der Waals surface area contributed by atoms with Crippen LogP contribution in [0.5, 0.6) is 5.75 Å². The Balaban J connectivity index is 2.58. The Morgan fingerprint density at radius 1 is 1.50 bits per heavy atom. The van der Waals surface area contributed by atoms with E-state index < -0.39 is 0 Å². The molecule has 1 nitrogen and oxygen atoms in total. The lowest BCUT2D eigenvalue weighted by Crippen LogP contribution is -1.89. The fourth-order valence-electron chi connectivity index (χ4n) is 1.27. The average Bonchev–Trinajstić information content (AvgIpc) is 2.45. The first-order valence-corrected chi connectivity index (χ1v) is 6.21. The molecular weight excluding hydrogens is 284 g/mol. The number of ether oxygens (including phenoxy) is 1. The van der Waals surface area contributed by atoms with E-state index in [0.29, 0.717) is 6.61 Å². The Bertz CT molecular complexity index is 466. The second-order valence-corrected chi connectivity index (χ2v) is 5.53. The summed E-state index contributed by atoms with van der Waals surface area (Å²) in [6.45, 7) is 2.64. The Morgan fingerprint density at radius 3 is 3.00 bits per heavy atom. The Kier molecular flexibility index (Phi) is 3.00. The molecule has 0 unspecified atom stereocenters. The van der Waals surface area contributed by atoms with Crippen molar-refractivity contribution < 1.29 is 4.74 Å². The summed E-state index contributed by atoms with van der Waals surface area (Å²) >= 11 is 11.2. The van der Waals surface area contributed by atoms with Gasteiger partial charge < -0.3 is 4.74 Å². The van der Waals surface area contributed by atoms with E-state index >= 15 is 0 Å². The van der Waals surface area contributed by atoms with Crippen molar-refractivity contribution in [2.75, 3.05) is 6.61 Å². The third kappa shape index (κ3) is 1.76. The first kappa shape index (κ1) is 10.3. The molecule has 74 valence electrons. The van der Waals surface area contributed by atoms with Crippen LogP contribution in [0.4, 0.5) is 0 Å². The highest BCUT2D eigenvalue weighted by molar-refractivity contribution is 9.11. The van der Waals surface area contributed by atoms with Gasteiger partial charge in [-0.15, -0.1) is 11.3 Å². The van der Waals surface area contributed by atoms with Gasteiger partial charge in [0.25, 0.3) is 0 Å². The quantitative estimate of drug-likeness (QED) is 0.778. The molecule has 0 bridgehead atoms. The summed E-state index contributed by atoms with van der Waals surface area (Å²) in [7, 11) is 0. The van der Waals surface area contributed by atoms with E-state index in [1.165, 1.54) is 4.70 Å². The van der Waals surface area contributed by atoms with Gasteiger partial charge in [-0.2, -0.15) is 0 Å². The molecule has 14 heavy (non-hydrogen) atoms. The van der Waals surface area contributed by atoms with Gasteiger partial charge in [0.2, 0.25) is 0 Å². The number of fused-ring (bicyclic) bond motifs is 1. The van der Waals surface area contributed by atoms with E-state index in [9.17, 15) is 0 Å². The third-order valence-corrected chi connectivity index (χ3v) is 4.44. The number of benzene rings is 1. The number of thiophene rings is 1. The molecule has 1 aromatic heterocycles. The van der Waals surface area contributed by atoms with Crippen molar-refractivity contribution in [3.63, 3.8) is 0 Å². The van der Waals surface area contributed by atoms with E-state index in [1.807, 2.05) is 25.1 Å². The van der Waals surface area contributed by atoms with Crippen molar-refractivity contribution in [1.82, 2.24) is 0 Å². The molecule has 4 heteroatoms. The summed E-state index contributed by atoms with van der Waals surface area (Å²) in [6, 6.07) is 5.97. The summed E-state index contributed by atoms with van der Waals surface area (Å²) in [5.74, 6) is 0.868. The molecule has 0 aliphatic rings. The van der Waals surface area contributed by atoms with Gasteiger partial charge in [-0.05, 0) is 41.1 Å². The maximum Gasteiger partial charge on any atom is 0.120 e. The Hall–Kier alpha value is -0.250. The molecule has 0 amide bonds. The molecule has 0 atom stereocenters. The largest absolute Gasteiger partial charge is 0.494 e. The van der Waals surface area contributed by atoms with Crippen molar-refractivity contribution in [3.05, 3.63) is 27.0 Å². The molecule has 2 rings (SSSR count). The first-order valence-electron chi connectivity index (χ1n) is 4.22. The molecule has 0 radical (unpaired) electrons. The molecule has 2 aromatic rings. The second-order valence-electron chi connectivity index (χ2n) is 2.78.